The zero-order valence-electron chi connectivity index (χ0n) is 12.1. The summed E-state index contributed by atoms with van der Waals surface area (Å²) in [6, 6.07) is 5.98. The molecule has 1 aromatic carbocycles. The van der Waals surface area contributed by atoms with Crippen molar-refractivity contribution in [3.63, 3.8) is 0 Å². The molecule has 1 aliphatic rings. The summed E-state index contributed by atoms with van der Waals surface area (Å²) in [6.45, 7) is 7.86. The lowest BCUT2D eigenvalue weighted by Gasteiger charge is -2.24. The monoisotopic (exact) mass is 261 g/mol. The molecule has 1 fully saturated rings. The number of carbonyl (C=O) groups excluding carboxylic acids is 1. The van der Waals surface area contributed by atoms with Crippen LogP contribution in [0, 0.1) is 13.8 Å². The van der Waals surface area contributed by atoms with Gasteiger partial charge in [-0.3, -0.25) is 4.79 Å². The van der Waals surface area contributed by atoms with Gasteiger partial charge in [-0.1, -0.05) is 19.1 Å². The van der Waals surface area contributed by atoms with Gasteiger partial charge in [-0.2, -0.15) is 0 Å². The molecule has 1 heterocycles. The van der Waals surface area contributed by atoms with E-state index in [9.17, 15) is 4.79 Å². The summed E-state index contributed by atoms with van der Waals surface area (Å²) in [7, 11) is 0. The lowest BCUT2D eigenvalue weighted by molar-refractivity contribution is -0.137. The molecule has 2 rings (SSSR count). The van der Waals surface area contributed by atoms with Crippen LogP contribution in [0.1, 0.15) is 37.3 Å². The van der Waals surface area contributed by atoms with Crippen LogP contribution >= 0.6 is 0 Å². The van der Waals surface area contributed by atoms with Crippen LogP contribution < -0.4 is 4.74 Å². The summed E-state index contributed by atoms with van der Waals surface area (Å²) in [5.41, 5.74) is 2.32. The number of likely N-dealkylation sites (tertiary alicyclic amines) is 1. The van der Waals surface area contributed by atoms with Crippen molar-refractivity contribution < 1.29 is 9.53 Å². The third kappa shape index (κ3) is 3.09. The highest BCUT2D eigenvalue weighted by Gasteiger charge is 2.27. The van der Waals surface area contributed by atoms with E-state index in [-0.39, 0.29) is 12.0 Å². The van der Waals surface area contributed by atoms with E-state index in [0.717, 1.165) is 37.2 Å². The van der Waals surface area contributed by atoms with Gasteiger partial charge in [0.05, 0.1) is 0 Å². The van der Waals surface area contributed by atoms with E-state index in [1.807, 2.05) is 30.9 Å². The number of hydrogen-bond donors (Lipinski definition) is 0. The third-order valence-electron chi connectivity index (χ3n) is 3.89. The Balaban J connectivity index is 2.10. The molecule has 1 saturated heterocycles. The normalized spacial score (nSPS) is 16.5. The predicted molar refractivity (Wildman–Crippen MR) is 76.4 cm³/mol. The predicted octanol–water partition coefficient (Wildman–Crippen LogP) is 3.08. The number of ether oxygens (including phenoxy) is 1. The first-order chi connectivity index (χ1) is 9.13. The molecule has 1 atom stereocenters. The van der Waals surface area contributed by atoms with Crippen LogP contribution in [0.25, 0.3) is 0 Å². The first-order valence-electron chi connectivity index (χ1n) is 7.15. The molecule has 104 valence electrons. The van der Waals surface area contributed by atoms with Gasteiger partial charge in [0.15, 0.2) is 6.10 Å². The van der Waals surface area contributed by atoms with E-state index in [4.69, 9.17) is 4.74 Å². The van der Waals surface area contributed by atoms with E-state index in [0.29, 0.717) is 6.42 Å². The molecule has 19 heavy (non-hydrogen) atoms. The highest BCUT2D eigenvalue weighted by molar-refractivity contribution is 5.81. The maximum atomic E-state index is 12.4. The van der Waals surface area contributed by atoms with Crippen LogP contribution in [0.4, 0.5) is 0 Å². The Morgan fingerprint density at radius 3 is 2.63 bits per heavy atom. The van der Waals surface area contributed by atoms with Gasteiger partial charge in [0.2, 0.25) is 0 Å². The van der Waals surface area contributed by atoms with Gasteiger partial charge in [-0.25, -0.2) is 0 Å². The third-order valence-corrected chi connectivity index (χ3v) is 3.89. The minimum absolute atomic E-state index is 0.140. The maximum absolute atomic E-state index is 12.4. The highest BCUT2D eigenvalue weighted by atomic mass is 16.5. The molecule has 0 spiro atoms. The summed E-state index contributed by atoms with van der Waals surface area (Å²) >= 11 is 0. The van der Waals surface area contributed by atoms with Crippen molar-refractivity contribution in [3.8, 4) is 5.75 Å². The molecule has 3 nitrogen and oxygen atoms in total. The molecule has 1 aliphatic heterocycles. The summed E-state index contributed by atoms with van der Waals surface area (Å²) in [5, 5.41) is 0. The number of aryl methyl sites for hydroxylation is 1. The smallest absolute Gasteiger partial charge is 0.263 e. The molecular weight excluding hydrogens is 238 g/mol. The van der Waals surface area contributed by atoms with Crippen molar-refractivity contribution in [2.45, 2.75) is 46.1 Å². The number of amides is 1. The second-order valence-corrected chi connectivity index (χ2v) is 5.25. The number of carbonyl (C=O) groups is 1. The van der Waals surface area contributed by atoms with Gasteiger partial charge in [-0.15, -0.1) is 0 Å². The number of hydrogen-bond acceptors (Lipinski definition) is 2. The highest BCUT2D eigenvalue weighted by Crippen LogP contribution is 2.23. The number of benzene rings is 1. The van der Waals surface area contributed by atoms with Crippen molar-refractivity contribution >= 4 is 5.91 Å². The number of rotatable bonds is 4. The van der Waals surface area contributed by atoms with Crippen molar-refractivity contribution in [1.82, 2.24) is 4.90 Å². The standard InChI is InChI=1S/C16H23NO2/c1-4-14(16(18)17-10-5-6-11-17)19-15-9-7-8-12(2)13(15)3/h7-9,14H,4-6,10-11H2,1-3H3. The minimum atomic E-state index is -0.349. The second-order valence-electron chi connectivity index (χ2n) is 5.25. The molecular formula is C16H23NO2. The van der Waals surface area contributed by atoms with Gasteiger partial charge in [-0.05, 0) is 50.3 Å². The van der Waals surface area contributed by atoms with Crippen LogP contribution in [0.3, 0.4) is 0 Å². The fraction of sp³-hybridized carbons (Fsp3) is 0.562. The summed E-state index contributed by atoms with van der Waals surface area (Å²) < 4.78 is 5.96. The Hall–Kier alpha value is -1.51. The SMILES string of the molecule is CCC(Oc1cccc(C)c1C)C(=O)N1CCCC1. The zero-order chi connectivity index (χ0) is 13.8. The molecule has 1 amide bonds. The topological polar surface area (TPSA) is 29.5 Å². The molecule has 0 bridgehead atoms. The first kappa shape index (κ1) is 13.9. The average molecular weight is 261 g/mol. The first-order valence-corrected chi connectivity index (χ1v) is 7.15. The lowest BCUT2D eigenvalue weighted by atomic mass is 10.1. The Bertz CT molecular complexity index is 450. The minimum Gasteiger partial charge on any atom is -0.480 e. The van der Waals surface area contributed by atoms with Crippen molar-refractivity contribution in [2.24, 2.45) is 0 Å². The molecule has 0 radical (unpaired) electrons. The second kappa shape index (κ2) is 6.09. The molecule has 1 unspecified atom stereocenters. The van der Waals surface area contributed by atoms with E-state index in [1.54, 1.807) is 0 Å². The summed E-state index contributed by atoms with van der Waals surface area (Å²) in [6.07, 6.45) is 2.60. The lowest BCUT2D eigenvalue weighted by Crippen LogP contribution is -2.40. The van der Waals surface area contributed by atoms with Crippen LogP contribution in [-0.4, -0.2) is 30.0 Å². The summed E-state index contributed by atoms with van der Waals surface area (Å²) in [5.74, 6) is 0.973. The van der Waals surface area contributed by atoms with Gasteiger partial charge in [0.1, 0.15) is 5.75 Å². The Morgan fingerprint density at radius 1 is 1.32 bits per heavy atom. The van der Waals surface area contributed by atoms with Crippen molar-refractivity contribution in [1.29, 1.82) is 0 Å². The van der Waals surface area contributed by atoms with Crippen LogP contribution in [0.15, 0.2) is 18.2 Å². The van der Waals surface area contributed by atoms with Crippen LogP contribution in [-0.2, 0) is 4.79 Å². The maximum Gasteiger partial charge on any atom is 0.263 e. The average Bonchev–Trinajstić information content (AvgIpc) is 2.94. The molecule has 0 aromatic heterocycles. The van der Waals surface area contributed by atoms with Gasteiger partial charge in [0.25, 0.3) is 5.91 Å². The van der Waals surface area contributed by atoms with E-state index < -0.39 is 0 Å². The molecule has 0 aliphatic carbocycles. The van der Waals surface area contributed by atoms with Crippen LogP contribution in [0.5, 0.6) is 5.75 Å². The van der Waals surface area contributed by atoms with Gasteiger partial charge in [0, 0.05) is 13.1 Å². The molecule has 1 aromatic rings. The molecule has 3 heteroatoms. The quantitative estimate of drug-likeness (QED) is 0.833. The van der Waals surface area contributed by atoms with Crippen molar-refractivity contribution in [3.05, 3.63) is 29.3 Å². The Kier molecular flexibility index (Phi) is 4.46. The van der Waals surface area contributed by atoms with Crippen LogP contribution in [0.2, 0.25) is 0 Å². The summed E-state index contributed by atoms with van der Waals surface area (Å²) in [4.78, 5) is 14.3. The van der Waals surface area contributed by atoms with E-state index in [1.165, 1.54) is 5.56 Å². The van der Waals surface area contributed by atoms with Crippen molar-refractivity contribution in [2.75, 3.05) is 13.1 Å². The Labute approximate surface area is 115 Å². The molecule has 0 saturated carbocycles. The zero-order valence-corrected chi connectivity index (χ0v) is 12.1. The largest absolute Gasteiger partial charge is 0.480 e. The van der Waals surface area contributed by atoms with E-state index >= 15 is 0 Å². The van der Waals surface area contributed by atoms with Gasteiger partial charge >= 0.3 is 0 Å². The van der Waals surface area contributed by atoms with Gasteiger partial charge < -0.3 is 9.64 Å². The molecule has 0 N–H and O–H groups in total. The van der Waals surface area contributed by atoms with E-state index in [2.05, 4.69) is 13.0 Å². The fourth-order valence-electron chi connectivity index (χ4n) is 2.45. The Morgan fingerprint density at radius 2 is 2.00 bits per heavy atom. The fourth-order valence-corrected chi connectivity index (χ4v) is 2.45. The number of nitrogens with zero attached hydrogens (tertiary/aromatic N) is 1.